The highest BCUT2D eigenvalue weighted by molar-refractivity contribution is 7.99. The molecule has 1 amide bonds. The maximum Gasteiger partial charge on any atom is 0.233 e. The fourth-order valence-electron chi connectivity index (χ4n) is 3.36. The second-order valence-electron chi connectivity index (χ2n) is 7.57. The lowest BCUT2D eigenvalue weighted by atomic mass is 10.1. The molecule has 1 fully saturated rings. The largest absolute Gasteiger partial charge is 0.338 e. The summed E-state index contributed by atoms with van der Waals surface area (Å²) in [5, 5.41) is 9.68. The van der Waals surface area contributed by atoms with E-state index in [1.807, 2.05) is 48.3 Å². The Morgan fingerprint density at radius 3 is 2.41 bits per heavy atom. The van der Waals surface area contributed by atoms with E-state index in [1.165, 1.54) is 30.2 Å². The zero-order chi connectivity index (χ0) is 20.2. The Morgan fingerprint density at radius 1 is 1.10 bits per heavy atom. The number of nitrogens with zero attached hydrogens (tertiary/aromatic N) is 4. The van der Waals surface area contributed by atoms with Crippen LogP contribution in [0.2, 0.25) is 0 Å². The van der Waals surface area contributed by atoms with Crippen LogP contribution in [-0.4, -0.2) is 38.4 Å². The molecular formula is C23H26N4OS. The first-order chi connectivity index (χ1) is 14.1. The fraction of sp³-hybridized carbons (Fsp3) is 0.348. The molecule has 6 heteroatoms. The monoisotopic (exact) mass is 406 g/mol. The molecule has 1 atom stereocenters. The second-order valence-corrected chi connectivity index (χ2v) is 8.51. The summed E-state index contributed by atoms with van der Waals surface area (Å²) >= 11 is 1.48. The summed E-state index contributed by atoms with van der Waals surface area (Å²) in [4.78, 5) is 14.6. The van der Waals surface area contributed by atoms with Crippen LogP contribution in [0.1, 0.15) is 48.7 Å². The minimum absolute atomic E-state index is 0.0357. The summed E-state index contributed by atoms with van der Waals surface area (Å²) in [5.74, 6) is 2.01. The normalized spacial score (nSPS) is 14.6. The summed E-state index contributed by atoms with van der Waals surface area (Å²) in [6, 6.07) is 20.5. The molecule has 150 valence electrons. The summed E-state index contributed by atoms with van der Waals surface area (Å²) in [5.41, 5.74) is 2.36. The quantitative estimate of drug-likeness (QED) is 0.516. The van der Waals surface area contributed by atoms with Crippen LogP contribution in [0.3, 0.4) is 0 Å². The van der Waals surface area contributed by atoms with Crippen molar-refractivity contribution in [3.05, 3.63) is 77.6 Å². The van der Waals surface area contributed by atoms with Crippen LogP contribution >= 0.6 is 11.8 Å². The number of rotatable bonds is 8. The Labute approximate surface area is 176 Å². The maximum atomic E-state index is 12.8. The molecule has 1 unspecified atom stereocenters. The van der Waals surface area contributed by atoms with Gasteiger partial charge in [0, 0.05) is 13.0 Å². The molecule has 1 aliphatic rings. The molecule has 0 radical (unpaired) electrons. The van der Waals surface area contributed by atoms with E-state index in [-0.39, 0.29) is 11.9 Å². The van der Waals surface area contributed by atoms with E-state index in [9.17, 15) is 4.79 Å². The van der Waals surface area contributed by atoms with Crippen molar-refractivity contribution in [3.63, 3.8) is 0 Å². The Bertz CT molecular complexity index is 954. The lowest BCUT2D eigenvalue weighted by Gasteiger charge is -2.25. The van der Waals surface area contributed by atoms with Gasteiger partial charge in [0.15, 0.2) is 5.16 Å². The van der Waals surface area contributed by atoms with E-state index in [4.69, 9.17) is 0 Å². The third-order valence-corrected chi connectivity index (χ3v) is 6.40. The third kappa shape index (κ3) is 4.70. The van der Waals surface area contributed by atoms with Crippen LogP contribution in [0.25, 0.3) is 0 Å². The second kappa shape index (κ2) is 8.82. The molecule has 0 spiro atoms. The van der Waals surface area contributed by atoms with E-state index >= 15 is 0 Å². The molecule has 1 heterocycles. The van der Waals surface area contributed by atoms with Gasteiger partial charge in [0.2, 0.25) is 5.91 Å². The molecule has 4 rings (SSSR count). The fourth-order valence-corrected chi connectivity index (χ4v) is 4.23. The average Bonchev–Trinajstić information content (AvgIpc) is 3.54. The van der Waals surface area contributed by atoms with Crippen LogP contribution in [0.15, 0.2) is 65.8 Å². The molecule has 0 bridgehead atoms. The van der Waals surface area contributed by atoms with Gasteiger partial charge in [0.05, 0.1) is 18.3 Å². The van der Waals surface area contributed by atoms with Gasteiger partial charge in [-0.15, -0.1) is 10.2 Å². The van der Waals surface area contributed by atoms with Crippen LogP contribution in [0.5, 0.6) is 0 Å². The smallest absolute Gasteiger partial charge is 0.233 e. The molecule has 1 aromatic heterocycles. The van der Waals surface area contributed by atoms with Crippen molar-refractivity contribution in [2.45, 2.75) is 43.4 Å². The SMILES string of the molecule is CC(c1ccccc1)N(C)C(=O)CSc1nnc(C2CC2)n1Cc1ccccc1. The predicted molar refractivity (Wildman–Crippen MR) is 116 cm³/mol. The van der Waals surface area contributed by atoms with E-state index in [2.05, 4.69) is 46.0 Å². The number of thioether (sulfide) groups is 1. The standard InChI is InChI=1S/C23H26N4OS/c1-17(19-11-7-4-8-12-19)26(2)21(28)16-29-23-25-24-22(20-13-14-20)27(23)15-18-9-5-3-6-10-18/h3-12,17,20H,13-16H2,1-2H3. The summed E-state index contributed by atoms with van der Waals surface area (Å²) < 4.78 is 2.19. The lowest BCUT2D eigenvalue weighted by Crippen LogP contribution is -2.31. The highest BCUT2D eigenvalue weighted by atomic mass is 32.2. The molecule has 1 aliphatic carbocycles. The first kappa shape index (κ1) is 19.7. The zero-order valence-corrected chi connectivity index (χ0v) is 17.7. The number of benzene rings is 2. The number of carbonyl (C=O) groups is 1. The van der Waals surface area contributed by atoms with E-state index in [1.54, 1.807) is 0 Å². The molecule has 2 aromatic carbocycles. The van der Waals surface area contributed by atoms with Gasteiger partial charge in [-0.1, -0.05) is 72.4 Å². The van der Waals surface area contributed by atoms with Gasteiger partial charge in [-0.3, -0.25) is 4.79 Å². The molecule has 5 nitrogen and oxygen atoms in total. The van der Waals surface area contributed by atoms with Gasteiger partial charge >= 0.3 is 0 Å². The van der Waals surface area contributed by atoms with Gasteiger partial charge in [-0.2, -0.15) is 0 Å². The van der Waals surface area contributed by atoms with Crippen molar-refractivity contribution in [1.29, 1.82) is 0 Å². The predicted octanol–water partition coefficient (Wildman–Crippen LogP) is 4.52. The topological polar surface area (TPSA) is 51.0 Å². The Balaban J connectivity index is 1.44. The number of aromatic nitrogens is 3. The lowest BCUT2D eigenvalue weighted by molar-refractivity contribution is -0.128. The minimum atomic E-state index is 0.0357. The molecule has 0 aliphatic heterocycles. The number of hydrogen-bond acceptors (Lipinski definition) is 4. The Hall–Kier alpha value is -2.60. The number of amides is 1. The van der Waals surface area contributed by atoms with Crippen molar-refractivity contribution in [1.82, 2.24) is 19.7 Å². The highest BCUT2D eigenvalue weighted by Crippen LogP contribution is 2.40. The molecule has 29 heavy (non-hydrogen) atoms. The minimum Gasteiger partial charge on any atom is -0.338 e. The van der Waals surface area contributed by atoms with Crippen molar-refractivity contribution in [3.8, 4) is 0 Å². The summed E-state index contributed by atoms with van der Waals surface area (Å²) in [7, 11) is 1.87. The van der Waals surface area contributed by atoms with Gasteiger partial charge < -0.3 is 9.47 Å². The van der Waals surface area contributed by atoms with Crippen molar-refractivity contribution >= 4 is 17.7 Å². The van der Waals surface area contributed by atoms with Crippen molar-refractivity contribution < 1.29 is 4.79 Å². The van der Waals surface area contributed by atoms with Crippen molar-refractivity contribution in [2.24, 2.45) is 0 Å². The van der Waals surface area contributed by atoms with Crippen LogP contribution in [-0.2, 0) is 11.3 Å². The third-order valence-electron chi connectivity index (χ3n) is 5.45. The van der Waals surface area contributed by atoms with Crippen LogP contribution in [0, 0.1) is 0 Å². The molecule has 0 N–H and O–H groups in total. The first-order valence-electron chi connectivity index (χ1n) is 10.0. The molecule has 3 aromatic rings. The number of hydrogen-bond donors (Lipinski definition) is 0. The van der Waals surface area contributed by atoms with E-state index in [0.717, 1.165) is 23.1 Å². The van der Waals surface area contributed by atoms with Crippen LogP contribution in [0.4, 0.5) is 0 Å². The summed E-state index contributed by atoms with van der Waals surface area (Å²) in [6.45, 7) is 2.80. The van der Waals surface area contributed by atoms with Gasteiger partial charge in [0.1, 0.15) is 5.82 Å². The first-order valence-corrected chi connectivity index (χ1v) is 11.0. The average molecular weight is 407 g/mol. The number of carbonyl (C=O) groups excluding carboxylic acids is 1. The van der Waals surface area contributed by atoms with Crippen LogP contribution < -0.4 is 0 Å². The maximum absolute atomic E-state index is 12.8. The molecule has 1 saturated carbocycles. The highest BCUT2D eigenvalue weighted by Gasteiger charge is 2.30. The van der Waals surface area contributed by atoms with E-state index < -0.39 is 0 Å². The van der Waals surface area contributed by atoms with Gasteiger partial charge in [-0.25, -0.2) is 0 Å². The van der Waals surface area contributed by atoms with Gasteiger partial charge in [0.25, 0.3) is 0 Å². The Morgan fingerprint density at radius 2 is 1.76 bits per heavy atom. The van der Waals surface area contributed by atoms with Gasteiger partial charge in [-0.05, 0) is 30.9 Å². The molecule has 0 saturated heterocycles. The molecular weight excluding hydrogens is 380 g/mol. The Kier molecular flexibility index (Phi) is 6.00. The zero-order valence-electron chi connectivity index (χ0n) is 16.9. The summed E-state index contributed by atoms with van der Waals surface area (Å²) in [6.07, 6.45) is 2.35. The van der Waals surface area contributed by atoms with E-state index in [0.29, 0.717) is 11.7 Å². The van der Waals surface area contributed by atoms with Crippen molar-refractivity contribution in [2.75, 3.05) is 12.8 Å².